The third-order valence-electron chi connectivity index (χ3n) is 1.92. The van der Waals surface area contributed by atoms with Gasteiger partial charge >= 0.3 is 6.36 Å². The molecule has 0 aliphatic rings. The predicted octanol–water partition coefficient (Wildman–Crippen LogP) is 4.04. The third-order valence-corrected chi connectivity index (χ3v) is 2.38. The fourth-order valence-corrected chi connectivity index (χ4v) is 1.59. The Morgan fingerprint density at radius 2 is 2.00 bits per heavy atom. The van der Waals surface area contributed by atoms with Crippen LogP contribution in [0.5, 0.6) is 5.75 Å². The highest BCUT2D eigenvalue weighted by Gasteiger charge is 2.36. The van der Waals surface area contributed by atoms with Crippen molar-refractivity contribution in [2.24, 2.45) is 0 Å². The highest BCUT2D eigenvalue weighted by molar-refractivity contribution is 6.67. The number of carbonyl (C=O) groups excluding carboxylic acids is 1. The first-order valence-electron chi connectivity index (χ1n) is 4.48. The van der Waals surface area contributed by atoms with Crippen LogP contribution in [0.25, 0.3) is 0 Å². The molecular formula is C9H4Cl2F5NO2. The second kappa shape index (κ2) is 5.87. The minimum atomic E-state index is -5.24. The maximum absolute atomic E-state index is 12.8. The minimum Gasteiger partial charge on any atom is -0.403 e. The summed E-state index contributed by atoms with van der Waals surface area (Å²) >= 11 is 10.3. The lowest BCUT2D eigenvalue weighted by atomic mass is 10.1. The second-order valence-electron chi connectivity index (χ2n) is 3.12. The summed E-state index contributed by atoms with van der Waals surface area (Å²) in [5.41, 5.74) is -2.73. The van der Waals surface area contributed by atoms with Crippen LogP contribution < -0.4 is 4.74 Å². The van der Waals surface area contributed by atoms with Crippen LogP contribution in [0.15, 0.2) is 6.20 Å². The average molecular weight is 324 g/mol. The van der Waals surface area contributed by atoms with E-state index in [1.54, 1.807) is 0 Å². The van der Waals surface area contributed by atoms with E-state index in [4.69, 9.17) is 23.2 Å². The molecule has 0 aromatic carbocycles. The predicted molar refractivity (Wildman–Crippen MR) is 55.6 cm³/mol. The van der Waals surface area contributed by atoms with Gasteiger partial charge in [-0.3, -0.25) is 9.78 Å². The molecule has 0 aliphatic heterocycles. The van der Waals surface area contributed by atoms with Gasteiger partial charge in [-0.15, -0.1) is 24.8 Å². The Morgan fingerprint density at radius 3 is 2.37 bits per heavy atom. The number of rotatable bonds is 4. The van der Waals surface area contributed by atoms with Crippen molar-refractivity contribution in [2.75, 3.05) is 0 Å². The van der Waals surface area contributed by atoms with E-state index in [2.05, 4.69) is 9.72 Å². The molecule has 0 bridgehead atoms. The van der Waals surface area contributed by atoms with Gasteiger partial charge in [0.25, 0.3) is 11.7 Å². The van der Waals surface area contributed by atoms with Gasteiger partial charge in [-0.2, -0.15) is 0 Å². The van der Waals surface area contributed by atoms with Crippen molar-refractivity contribution < 1.29 is 31.5 Å². The van der Waals surface area contributed by atoms with E-state index >= 15 is 0 Å². The van der Waals surface area contributed by atoms with Gasteiger partial charge in [-0.1, -0.05) is 0 Å². The van der Waals surface area contributed by atoms with Crippen molar-refractivity contribution in [3.8, 4) is 5.75 Å². The summed E-state index contributed by atoms with van der Waals surface area (Å²) in [6.45, 7) is 0. The average Bonchev–Trinajstić information content (AvgIpc) is 2.25. The number of hydrogen-bond acceptors (Lipinski definition) is 3. The number of hydrogen-bond donors (Lipinski definition) is 0. The van der Waals surface area contributed by atoms with Crippen LogP contribution in [0.3, 0.4) is 0 Å². The number of nitrogens with zero attached hydrogens (tertiary/aromatic N) is 1. The second-order valence-corrected chi connectivity index (χ2v) is 3.73. The Hall–Kier alpha value is -1.15. The van der Waals surface area contributed by atoms with Gasteiger partial charge in [0.05, 0.1) is 22.7 Å². The van der Waals surface area contributed by atoms with Gasteiger partial charge in [0.15, 0.2) is 5.75 Å². The molecule has 1 rings (SSSR count). The summed E-state index contributed by atoms with van der Waals surface area (Å²) in [6.07, 6.45) is -8.03. The van der Waals surface area contributed by atoms with Crippen molar-refractivity contribution >= 4 is 28.4 Å². The van der Waals surface area contributed by atoms with E-state index in [9.17, 15) is 26.7 Å². The Morgan fingerprint density at radius 1 is 1.42 bits per heavy atom. The molecular weight excluding hydrogens is 320 g/mol. The van der Waals surface area contributed by atoms with E-state index in [-0.39, 0.29) is 0 Å². The first-order valence-corrected chi connectivity index (χ1v) is 5.40. The van der Waals surface area contributed by atoms with Crippen molar-refractivity contribution in [3.63, 3.8) is 0 Å². The molecule has 0 atom stereocenters. The van der Waals surface area contributed by atoms with E-state index in [1.165, 1.54) is 0 Å². The quantitative estimate of drug-likeness (QED) is 0.477. The highest BCUT2D eigenvalue weighted by atomic mass is 35.5. The Balaban J connectivity index is 3.52. The van der Waals surface area contributed by atoms with Gasteiger partial charge in [0.2, 0.25) is 0 Å². The zero-order valence-electron chi connectivity index (χ0n) is 8.77. The van der Waals surface area contributed by atoms with Gasteiger partial charge in [0.1, 0.15) is 0 Å². The van der Waals surface area contributed by atoms with Crippen LogP contribution in [0.2, 0.25) is 0 Å². The molecule has 1 aromatic rings. The van der Waals surface area contributed by atoms with E-state index in [0.717, 1.165) is 0 Å². The van der Waals surface area contributed by atoms with Crippen LogP contribution in [-0.2, 0) is 5.88 Å². The Labute approximate surface area is 113 Å². The van der Waals surface area contributed by atoms with Crippen molar-refractivity contribution in [1.82, 2.24) is 4.98 Å². The molecule has 0 unspecified atom stereocenters. The molecule has 0 aliphatic carbocycles. The molecule has 0 radical (unpaired) electrons. The van der Waals surface area contributed by atoms with Crippen LogP contribution >= 0.6 is 23.2 Å². The van der Waals surface area contributed by atoms with Gasteiger partial charge in [-0.25, -0.2) is 8.78 Å². The van der Waals surface area contributed by atoms with E-state index < -0.39 is 46.5 Å². The summed E-state index contributed by atoms with van der Waals surface area (Å²) in [6, 6.07) is 0. The molecule has 3 nitrogen and oxygen atoms in total. The van der Waals surface area contributed by atoms with Crippen molar-refractivity contribution in [1.29, 1.82) is 0 Å². The number of alkyl halides is 6. The lowest BCUT2D eigenvalue weighted by Gasteiger charge is -2.16. The van der Waals surface area contributed by atoms with Gasteiger partial charge < -0.3 is 4.74 Å². The molecule has 1 aromatic heterocycles. The standard InChI is InChI=1S/C9H4Cl2F5NO2/c10-1-4-6(19-9(14,15)16)5(8(12)13)3(2-17-4)7(11)18/h2,8H,1H2. The number of halogens is 7. The van der Waals surface area contributed by atoms with Gasteiger partial charge in [-0.05, 0) is 11.6 Å². The zero-order valence-corrected chi connectivity index (χ0v) is 10.3. The van der Waals surface area contributed by atoms with Crippen molar-refractivity contribution in [2.45, 2.75) is 18.7 Å². The molecule has 0 spiro atoms. The van der Waals surface area contributed by atoms with Crippen LogP contribution in [0, 0.1) is 0 Å². The fraction of sp³-hybridized carbons (Fsp3) is 0.333. The number of ether oxygens (including phenoxy) is 1. The van der Waals surface area contributed by atoms with Crippen molar-refractivity contribution in [3.05, 3.63) is 23.0 Å². The number of aromatic nitrogens is 1. The molecule has 106 valence electrons. The summed E-state index contributed by atoms with van der Waals surface area (Å²) in [5.74, 6) is -1.91. The smallest absolute Gasteiger partial charge is 0.403 e. The zero-order chi connectivity index (χ0) is 14.8. The number of pyridine rings is 1. The topological polar surface area (TPSA) is 39.2 Å². The third kappa shape index (κ3) is 3.90. The van der Waals surface area contributed by atoms with E-state index in [0.29, 0.717) is 6.20 Å². The molecule has 0 N–H and O–H groups in total. The summed E-state index contributed by atoms with van der Waals surface area (Å²) in [4.78, 5) is 14.3. The first kappa shape index (κ1) is 15.9. The SMILES string of the molecule is O=C(Cl)c1cnc(CCl)c(OC(F)(F)F)c1C(F)F. The first-order chi connectivity index (χ1) is 8.67. The molecule has 0 saturated carbocycles. The van der Waals surface area contributed by atoms with Crippen LogP contribution in [0.1, 0.15) is 28.0 Å². The molecule has 10 heteroatoms. The van der Waals surface area contributed by atoms with Crippen LogP contribution in [0.4, 0.5) is 22.0 Å². The molecule has 0 saturated heterocycles. The lowest BCUT2D eigenvalue weighted by Crippen LogP contribution is -2.20. The maximum Gasteiger partial charge on any atom is 0.573 e. The van der Waals surface area contributed by atoms with E-state index in [1.807, 2.05) is 0 Å². The summed E-state index contributed by atoms with van der Waals surface area (Å²) in [5, 5.41) is -1.38. The Bertz CT molecular complexity index is 492. The maximum atomic E-state index is 12.8. The van der Waals surface area contributed by atoms with Crippen LogP contribution in [-0.4, -0.2) is 16.6 Å². The molecule has 19 heavy (non-hydrogen) atoms. The van der Waals surface area contributed by atoms with Gasteiger partial charge in [0, 0.05) is 6.20 Å². The summed E-state index contributed by atoms with van der Waals surface area (Å²) < 4.78 is 65.6. The minimum absolute atomic E-state index is 0.573. The summed E-state index contributed by atoms with van der Waals surface area (Å²) in [7, 11) is 0. The molecule has 1 heterocycles. The Kier molecular flexibility index (Phi) is 4.92. The lowest BCUT2D eigenvalue weighted by molar-refractivity contribution is -0.275. The molecule has 0 amide bonds. The fourth-order valence-electron chi connectivity index (χ4n) is 1.25. The normalized spacial score (nSPS) is 11.8. The molecule has 0 fully saturated rings. The highest BCUT2D eigenvalue weighted by Crippen LogP contribution is 2.38. The largest absolute Gasteiger partial charge is 0.573 e. The monoisotopic (exact) mass is 323 g/mol. The number of carbonyl (C=O) groups is 1.